The fraction of sp³-hybridized carbons (Fsp3) is 0.688. The Hall–Kier alpha value is -1.34. The topological polar surface area (TPSA) is 34.5 Å². The van der Waals surface area contributed by atoms with E-state index in [1.165, 1.54) is 0 Å². The van der Waals surface area contributed by atoms with Crippen LogP contribution in [0.5, 0.6) is 0 Å². The molecule has 0 saturated carbocycles. The lowest BCUT2D eigenvalue weighted by molar-refractivity contribution is -0.141. The molecule has 1 aromatic heterocycles. The summed E-state index contributed by atoms with van der Waals surface area (Å²) in [5.41, 5.74) is 1.20. The fourth-order valence-electron chi connectivity index (χ4n) is 3.21. The normalized spacial score (nSPS) is 23.3. The molecule has 0 N–H and O–H groups in total. The number of hydrogen-bond donors (Lipinski definition) is 0. The maximum atomic E-state index is 12.6. The summed E-state index contributed by atoms with van der Waals surface area (Å²) in [5, 5.41) is 0. The number of morpholine rings is 1. The summed E-state index contributed by atoms with van der Waals surface area (Å²) in [7, 11) is 0. The minimum absolute atomic E-state index is 0.0456. The molecule has 0 amide bonds. The van der Waals surface area contributed by atoms with E-state index in [4.69, 9.17) is 4.74 Å². The first-order valence-corrected chi connectivity index (χ1v) is 7.71. The van der Waals surface area contributed by atoms with Gasteiger partial charge in [-0.1, -0.05) is 0 Å². The van der Waals surface area contributed by atoms with E-state index in [-0.39, 0.29) is 24.5 Å². The van der Waals surface area contributed by atoms with Gasteiger partial charge in [0.15, 0.2) is 5.78 Å². The molecule has 2 heterocycles. The molecule has 0 bridgehead atoms. The van der Waals surface area contributed by atoms with Crippen molar-refractivity contribution < 1.29 is 22.7 Å². The highest BCUT2D eigenvalue weighted by molar-refractivity contribution is 5.99. The molecule has 130 valence electrons. The summed E-state index contributed by atoms with van der Waals surface area (Å²) in [6, 6.07) is 1.55. The molecule has 0 spiro atoms. The minimum Gasteiger partial charge on any atom is -0.373 e. The Morgan fingerprint density at radius 2 is 1.83 bits per heavy atom. The van der Waals surface area contributed by atoms with E-state index in [0.717, 1.165) is 4.57 Å². The quantitative estimate of drug-likeness (QED) is 0.795. The first-order valence-electron chi connectivity index (χ1n) is 7.71. The summed E-state index contributed by atoms with van der Waals surface area (Å²) >= 11 is 0. The van der Waals surface area contributed by atoms with Gasteiger partial charge in [0.1, 0.15) is 6.54 Å². The Labute approximate surface area is 134 Å². The van der Waals surface area contributed by atoms with Crippen molar-refractivity contribution in [1.29, 1.82) is 0 Å². The lowest BCUT2D eigenvalue weighted by atomic mass is 10.1. The van der Waals surface area contributed by atoms with Crippen molar-refractivity contribution in [2.24, 2.45) is 0 Å². The van der Waals surface area contributed by atoms with E-state index < -0.39 is 12.7 Å². The molecule has 4 nitrogen and oxygen atoms in total. The molecule has 1 saturated heterocycles. The van der Waals surface area contributed by atoms with Gasteiger partial charge in [-0.3, -0.25) is 9.69 Å². The molecule has 1 aliphatic rings. The average Bonchev–Trinajstić information content (AvgIpc) is 2.64. The summed E-state index contributed by atoms with van der Waals surface area (Å²) in [4.78, 5) is 14.5. The fourth-order valence-corrected chi connectivity index (χ4v) is 3.21. The third-order valence-corrected chi connectivity index (χ3v) is 4.07. The van der Waals surface area contributed by atoms with Crippen LogP contribution >= 0.6 is 0 Å². The van der Waals surface area contributed by atoms with E-state index in [9.17, 15) is 18.0 Å². The smallest absolute Gasteiger partial charge is 0.373 e. The van der Waals surface area contributed by atoms with Gasteiger partial charge in [-0.25, -0.2) is 0 Å². The third kappa shape index (κ3) is 4.57. The van der Waals surface area contributed by atoms with Crippen LogP contribution in [0.3, 0.4) is 0 Å². The Bertz CT molecular complexity index is 571. The van der Waals surface area contributed by atoms with Gasteiger partial charge in [0.05, 0.1) is 18.8 Å². The number of carbonyl (C=O) groups excluding carboxylic acids is 1. The van der Waals surface area contributed by atoms with Crippen molar-refractivity contribution in [2.75, 3.05) is 19.6 Å². The monoisotopic (exact) mass is 332 g/mol. The van der Waals surface area contributed by atoms with Crippen LogP contribution in [0.4, 0.5) is 13.2 Å². The van der Waals surface area contributed by atoms with E-state index in [1.54, 1.807) is 19.9 Å². The maximum Gasteiger partial charge on any atom is 0.406 e. The number of carbonyl (C=O) groups is 1. The van der Waals surface area contributed by atoms with Gasteiger partial charge in [-0.15, -0.1) is 0 Å². The van der Waals surface area contributed by atoms with Crippen LogP contribution in [0.15, 0.2) is 6.07 Å². The molecule has 1 aliphatic heterocycles. The van der Waals surface area contributed by atoms with Crippen LogP contribution in [0.25, 0.3) is 0 Å². The number of aryl methyl sites for hydroxylation is 1. The highest BCUT2D eigenvalue weighted by Gasteiger charge is 2.31. The molecule has 23 heavy (non-hydrogen) atoms. The van der Waals surface area contributed by atoms with Gasteiger partial charge in [-0.05, 0) is 33.8 Å². The van der Waals surface area contributed by atoms with Crippen molar-refractivity contribution in [3.05, 3.63) is 23.0 Å². The van der Waals surface area contributed by atoms with Crippen molar-refractivity contribution in [2.45, 2.75) is 52.6 Å². The number of Topliss-reactive ketones (excluding diaryl/α,β-unsaturated/α-hetero) is 1. The predicted molar refractivity (Wildman–Crippen MR) is 80.7 cm³/mol. The highest BCUT2D eigenvalue weighted by atomic mass is 19.4. The van der Waals surface area contributed by atoms with Crippen molar-refractivity contribution in [1.82, 2.24) is 9.47 Å². The third-order valence-electron chi connectivity index (χ3n) is 4.07. The van der Waals surface area contributed by atoms with Crippen LogP contribution in [0, 0.1) is 13.8 Å². The molecule has 2 atom stereocenters. The van der Waals surface area contributed by atoms with Crippen LogP contribution < -0.4 is 0 Å². The standard InChI is InChI=1S/C16H23F3N2O2/c1-10-5-14(13(4)21(10)9-16(17,18)19)15(22)8-20-6-11(2)23-12(3)7-20/h5,11-12H,6-9H2,1-4H3. The number of aromatic nitrogens is 1. The van der Waals surface area contributed by atoms with Gasteiger partial charge in [0, 0.05) is 30.0 Å². The molecule has 1 fully saturated rings. The van der Waals surface area contributed by atoms with Gasteiger partial charge in [0.25, 0.3) is 0 Å². The van der Waals surface area contributed by atoms with Crippen LogP contribution in [0.1, 0.15) is 35.6 Å². The zero-order chi connectivity index (χ0) is 17.4. The number of hydrogen-bond acceptors (Lipinski definition) is 3. The van der Waals surface area contributed by atoms with Gasteiger partial charge in [0.2, 0.25) is 0 Å². The molecule has 2 unspecified atom stereocenters. The lowest BCUT2D eigenvalue weighted by Gasteiger charge is -2.34. The molecular formula is C16H23F3N2O2. The Balaban J connectivity index is 2.12. The van der Waals surface area contributed by atoms with Gasteiger partial charge < -0.3 is 9.30 Å². The molecule has 0 aromatic carbocycles. The lowest BCUT2D eigenvalue weighted by Crippen LogP contribution is -2.47. The first-order chi connectivity index (χ1) is 10.6. The Morgan fingerprint density at radius 3 is 2.35 bits per heavy atom. The zero-order valence-electron chi connectivity index (χ0n) is 13.9. The second kappa shape index (κ2) is 6.65. The molecule has 0 radical (unpaired) electrons. The minimum atomic E-state index is -4.30. The van der Waals surface area contributed by atoms with Gasteiger partial charge in [-0.2, -0.15) is 13.2 Å². The largest absolute Gasteiger partial charge is 0.406 e. The maximum absolute atomic E-state index is 12.6. The second-order valence-corrected chi connectivity index (χ2v) is 6.36. The number of halogens is 3. The number of nitrogens with zero attached hydrogens (tertiary/aromatic N) is 2. The summed E-state index contributed by atoms with van der Waals surface area (Å²) < 4.78 is 44.7. The number of rotatable bonds is 4. The summed E-state index contributed by atoms with van der Waals surface area (Å²) in [6.07, 6.45) is -4.21. The molecule has 7 heteroatoms. The second-order valence-electron chi connectivity index (χ2n) is 6.36. The van der Waals surface area contributed by atoms with Crippen molar-refractivity contribution >= 4 is 5.78 Å². The Morgan fingerprint density at radius 1 is 1.26 bits per heavy atom. The van der Waals surface area contributed by atoms with E-state index in [1.807, 2.05) is 18.7 Å². The van der Waals surface area contributed by atoms with Crippen LogP contribution in [-0.2, 0) is 11.3 Å². The summed E-state index contributed by atoms with van der Waals surface area (Å²) in [6.45, 7) is 7.49. The number of ketones is 1. The molecule has 2 rings (SSSR count). The highest BCUT2D eigenvalue weighted by Crippen LogP contribution is 2.23. The van der Waals surface area contributed by atoms with Crippen LogP contribution in [-0.4, -0.2) is 53.3 Å². The van der Waals surface area contributed by atoms with Crippen molar-refractivity contribution in [3.8, 4) is 0 Å². The summed E-state index contributed by atoms with van der Waals surface area (Å²) in [5.74, 6) is -0.146. The van der Waals surface area contributed by atoms with Crippen LogP contribution in [0.2, 0.25) is 0 Å². The van der Waals surface area contributed by atoms with Crippen molar-refractivity contribution in [3.63, 3.8) is 0 Å². The molecular weight excluding hydrogens is 309 g/mol. The van der Waals surface area contributed by atoms with E-state index in [0.29, 0.717) is 30.0 Å². The first kappa shape index (κ1) is 18.0. The molecule has 0 aliphatic carbocycles. The van der Waals surface area contributed by atoms with Gasteiger partial charge >= 0.3 is 6.18 Å². The van der Waals surface area contributed by atoms with E-state index >= 15 is 0 Å². The predicted octanol–water partition coefficient (Wildman–Crippen LogP) is 2.96. The molecule has 1 aromatic rings. The van der Waals surface area contributed by atoms with E-state index in [2.05, 4.69) is 0 Å². The number of alkyl halides is 3. The Kier molecular flexibility index (Phi) is 5.20. The SMILES string of the molecule is Cc1cc(C(=O)CN2CC(C)OC(C)C2)c(C)n1CC(F)(F)F. The average molecular weight is 332 g/mol. The number of ether oxygens (including phenoxy) is 1. The zero-order valence-corrected chi connectivity index (χ0v) is 13.9.